The second-order valence-electron chi connectivity index (χ2n) is 2.65. The third kappa shape index (κ3) is 5.69. The van der Waals surface area contributed by atoms with Crippen molar-refractivity contribution >= 4 is 43.2 Å². The molecule has 0 aromatic carbocycles. The Hall–Kier alpha value is 1.32. The zero-order chi connectivity index (χ0) is 9.52. The Morgan fingerprint density at radius 1 is 1.00 bits per heavy atom. The fourth-order valence-electron chi connectivity index (χ4n) is 0.734. The summed E-state index contributed by atoms with van der Waals surface area (Å²) < 4.78 is 5.32. The zero-order valence-electron chi connectivity index (χ0n) is 7.47. The van der Waals surface area contributed by atoms with Gasteiger partial charge in [0, 0.05) is 30.1 Å². The van der Waals surface area contributed by atoms with E-state index in [1.54, 1.807) is 50.3 Å². The first-order chi connectivity index (χ1) is 6.33. The average molecular weight is 258 g/mol. The molecule has 1 saturated heterocycles. The second kappa shape index (κ2) is 7.59. The molecule has 0 aliphatic carbocycles. The molecule has 0 saturated carbocycles. The Kier molecular flexibility index (Phi) is 7.23. The molecule has 13 heavy (non-hydrogen) atoms. The number of ether oxygens (including phenoxy) is 1. The first-order valence-corrected chi connectivity index (χ1v) is 9.00. The molecule has 0 spiro atoms. The number of aliphatic hydroxyl groups excluding tert-OH is 1. The molecule has 0 amide bonds. The highest BCUT2D eigenvalue weighted by atomic mass is 33.1. The molecule has 0 unspecified atom stereocenters. The Balaban J connectivity index is 2.24. The van der Waals surface area contributed by atoms with E-state index in [1.165, 1.54) is 0 Å². The van der Waals surface area contributed by atoms with Crippen LogP contribution in [0.25, 0.3) is 0 Å². The van der Waals surface area contributed by atoms with E-state index in [0.717, 1.165) is 23.0 Å². The van der Waals surface area contributed by atoms with Crippen LogP contribution in [0.5, 0.6) is 0 Å². The lowest BCUT2D eigenvalue weighted by atomic mass is 10.5. The molecule has 1 N–H and O–H groups in total. The van der Waals surface area contributed by atoms with E-state index in [4.69, 9.17) is 4.74 Å². The van der Waals surface area contributed by atoms with Crippen LogP contribution in [0.15, 0.2) is 0 Å². The Labute approximate surface area is 95.1 Å². The summed E-state index contributed by atoms with van der Waals surface area (Å²) in [5, 5.41) is 9.45. The van der Waals surface area contributed by atoms with Gasteiger partial charge in [0.25, 0.3) is 0 Å². The van der Waals surface area contributed by atoms with Gasteiger partial charge in [-0.2, -0.15) is 0 Å². The van der Waals surface area contributed by atoms with E-state index in [2.05, 4.69) is 0 Å². The number of aliphatic hydroxyl groups is 1. The number of methoxy groups -OCH3 is 1. The average Bonchev–Trinajstić information content (AvgIpc) is 2.16. The van der Waals surface area contributed by atoms with Gasteiger partial charge >= 0.3 is 0 Å². The predicted octanol–water partition coefficient (Wildman–Crippen LogP) is 2.14. The van der Waals surface area contributed by atoms with Crippen molar-refractivity contribution in [3.63, 3.8) is 0 Å². The number of hydrogen-bond acceptors (Lipinski definition) is 6. The maximum atomic E-state index is 9.45. The quantitative estimate of drug-likeness (QED) is 0.725. The lowest BCUT2D eigenvalue weighted by molar-refractivity contribution is 0.142. The summed E-state index contributed by atoms with van der Waals surface area (Å²) in [6.45, 7) is 0. The summed E-state index contributed by atoms with van der Waals surface area (Å²) in [5.74, 6) is 3.69. The van der Waals surface area contributed by atoms with E-state index < -0.39 is 0 Å². The minimum atomic E-state index is -0.158. The summed E-state index contributed by atoms with van der Waals surface area (Å²) in [5.41, 5.74) is 0. The standard InChI is InChI=1S/C7H14O2S4/c1-9-7-4-12-10-2-6(8)3-11-13-5-7/h6-8H,2-5H2,1H3/t6-,7+. The zero-order valence-corrected chi connectivity index (χ0v) is 10.7. The molecule has 1 rings (SSSR count). The van der Waals surface area contributed by atoms with Gasteiger partial charge in [0.05, 0.1) is 12.2 Å². The molecule has 1 aliphatic rings. The Morgan fingerprint density at radius 2 is 1.46 bits per heavy atom. The maximum absolute atomic E-state index is 9.45. The van der Waals surface area contributed by atoms with Crippen LogP contribution >= 0.6 is 43.2 Å². The normalized spacial score (nSPS) is 32.8. The van der Waals surface area contributed by atoms with Crippen molar-refractivity contribution in [2.45, 2.75) is 12.2 Å². The fourth-order valence-corrected chi connectivity index (χ4v) is 5.79. The molecule has 6 heteroatoms. The first-order valence-electron chi connectivity index (χ1n) is 4.02. The summed E-state index contributed by atoms with van der Waals surface area (Å²) in [4.78, 5) is 0. The lowest BCUT2D eigenvalue weighted by Gasteiger charge is -2.17. The molecule has 0 bridgehead atoms. The number of rotatable bonds is 1. The SMILES string of the molecule is CO[C@H]1CSSC[C@@H](O)CSSC1. The van der Waals surface area contributed by atoms with E-state index in [9.17, 15) is 5.11 Å². The molecule has 0 atom stereocenters. The van der Waals surface area contributed by atoms with Gasteiger partial charge in [0.1, 0.15) is 0 Å². The van der Waals surface area contributed by atoms with Crippen LogP contribution in [-0.2, 0) is 4.74 Å². The summed E-state index contributed by atoms with van der Waals surface area (Å²) in [6, 6.07) is 0. The van der Waals surface area contributed by atoms with Gasteiger partial charge < -0.3 is 9.84 Å². The second-order valence-corrected chi connectivity index (χ2v) is 7.75. The van der Waals surface area contributed by atoms with Crippen LogP contribution < -0.4 is 0 Å². The lowest BCUT2D eigenvalue weighted by Crippen LogP contribution is -2.18. The van der Waals surface area contributed by atoms with Crippen molar-refractivity contribution in [3.05, 3.63) is 0 Å². The van der Waals surface area contributed by atoms with E-state index in [-0.39, 0.29) is 6.10 Å². The van der Waals surface area contributed by atoms with Gasteiger partial charge in [0.2, 0.25) is 0 Å². The van der Waals surface area contributed by atoms with Crippen molar-refractivity contribution in [1.82, 2.24) is 0 Å². The van der Waals surface area contributed by atoms with E-state index in [0.29, 0.717) is 6.10 Å². The van der Waals surface area contributed by atoms with Gasteiger partial charge in [-0.15, -0.1) is 0 Å². The van der Waals surface area contributed by atoms with Crippen molar-refractivity contribution in [2.75, 3.05) is 30.1 Å². The van der Waals surface area contributed by atoms with Crippen LogP contribution in [0.4, 0.5) is 0 Å². The monoisotopic (exact) mass is 258 g/mol. The molecule has 0 aromatic heterocycles. The predicted molar refractivity (Wildman–Crippen MR) is 66.6 cm³/mol. The molecule has 0 aromatic rings. The van der Waals surface area contributed by atoms with Crippen LogP contribution in [0.2, 0.25) is 0 Å². The number of hydrogen-bond donors (Lipinski definition) is 1. The highest BCUT2D eigenvalue weighted by Gasteiger charge is 2.13. The van der Waals surface area contributed by atoms with Gasteiger partial charge in [-0.3, -0.25) is 0 Å². The third-order valence-corrected chi connectivity index (χ3v) is 6.55. The molecular weight excluding hydrogens is 244 g/mol. The van der Waals surface area contributed by atoms with Crippen LogP contribution in [0.1, 0.15) is 0 Å². The highest BCUT2D eigenvalue weighted by Crippen LogP contribution is 2.31. The van der Waals surface area contributed by atoms with Crippen molar-refractivity contribution in [2.24, 2.45) is 0 Å². The minimum Gasteiger partial charge on any atom is -0.391 e. The van der Waals surface area contributed by atoms with Crippen LogP contribution in [0, 0.1) is 0 Å². The molecule has 78 valence electrons. The van der Waals surface area contributed by atoms with E-state index in [1.807, 2.05) is 0 Å². The van der Waals surface area contributed by atoms with E-state index >= 15 is 0 Å². The van der Waals surface area contributed by atoms with Crippen molar-refractivity contribution < 1.29 is 9.84 Å². The molecule has 2 nitrogen and oxygen atoms in total. The molecule has 1 fully saturated rings. The summed E-state index contributed by atoms with van der Waals surface area (Å²) in [7, 11) is 8.85. The Bertz CT molecular complexity index is 124. The third-order valence-electron chi connectivity index (χ3n) is 1.53. The van der Waals surface area contributed by atoms with Crippen LogP contribution in [-0.4, -0.2) is 47.4 Å². The molecule has 1 aliphatic heterocycles. The molecule has 1 heterocycles. The maximum Gasteiger partial charge on any atom is 0.0768 e. The fraction of sp³-hybridized carbons (Fsp3) is 1.00. The first kappa shape index (κ1) is 12.4. The van der Waals surface area contributed by atoms with Gasteiger partial charge in [-0.05, 0) is 0 Å². The molecule has 0 radical (unpaired) electrons. The topological polar surface area (TPSA) is 29.5 Å². The summed E-state index contributed by atoms with van der Waals surface area (Å²) in [6.07, 6.45) is 0.194. The molecular formula is C7H14O2S4. The Morgan fingerprint density at radius 3 is 1.92 bits per heavy atom. The van der Waals surface area contributed by atoms with Crippen LogP contribution in [0.3, 0.4) is 0 Å². The minimum absolute atomic E-state index is 0.158. The summed E-state index contributed by atoms with van der Waals surface area (Å²) >= 11 is 0. The smallest absolute Gasteiger partial charge is 0.0768 e. The highest BCUT2D eigenvalue weighted by molar-refractivity contribution is 8.77. The van der Waals surface area contributed by atoms with Gasteiger partial charge in [-0.1, -0.05) is 43.2 Å². The van der Waals surface area contributed by atoms with Crippen molar-refractivity contribution in [3.8, 4) is 0 Å². The van der Waals surface area contributed by atoms with Gasteiger partial charge in [0.15, 0.2) is 0 Å². The van der Waals surface area contributed by atoms with Gasteiger partial charge in [-0.25, -0.2) is 0 Å². The largest absolute Gasteiger partial charge is 0.391 e. The van der Waals surface area contributed by atoms with Crippen molar-refractivity contribution in [1.29, 1.82) is 0 Å².